The van der Waals surface area contributed by atoms with Crippen LogP contribution < -0.4 is 10.2 Å². The normalized spacial score (nSPS) is 17.5. The van der Waals surface area contributed by atoms with E-state index in [-0.39, 0.29) is 17.8 Å². The molecule has 1 aliphatic heterocycles. The van der Waals surface area contributed by atoms with E-state index in [2.05, 4.69) is 5.48 Å². The van der Waals surface area contributed by atoms with Crippen LogP contribution in [0.1, 0.15) is 42.9 Å². The number of rotatable bonds is 6. The smallest absolute Gasteiger partial charge is 0.165 e. The molecule has 27 heavy (non-hydrogen) atoms. The Kier molecular flexibility index (Phi) is 6.95. The van der Waals surface area contributed by atoms with Crippen LogP contribution in [0, 0.1) is 5.82 Å². The first-order valence-corrected chi connectivity index (χ1v) is 9.63. The molecule has 0 aliphatic carbocycles. The summed E-state index contributed by atoms with van der Waals surface area (Å²) in [6, 6.07) is 9.55. The monoisotopic (exact) mass is 413 g/mol. The Morgan fingerprint density at radius 2 is 1.81 bits per heavy atom. The van der Waals surface area contributed by atoms with E-state index in [0.717, 1.165) is 24.0 Å². The lowest BCUT2D eigenvalue weighted by atomic mass is 9.89. The average Bonchev–Trinajstić information content (AvgIpc) is 2.67. The summed E-state index contributed by atoms with van der Waals surface area (Å²) < 4.78 is 25.6. The molecule has 1 heterocycles. The van der Waals surface area contributed by atoms with Crippen molar-refractivity contribution >= 4 is 23.2 Å². The fourth-order valence-electron chi connectivity index (χ4n) is 3.24. The summed E-state index contributed by atoms with van der Waals surface area (Å²) >= 11 is 12.0. The number of ether oxygens (including phenoxy) is 2. The highest BCUT2D eigenvalue weighted by atomic mass is 35.5. The van der Waals surface area contributed by atoms with Gasteiger partial charge in [-0.1, -0.05) is 42.3 Å². The number of hydroxylamine groups is 1. The van der Waals surface area contributed by atoms with Gasteiger partial charge in [0.05, 0.1) is 29.3 Å². The number of benzene rings is 2. The Morgan fingerprint density at radius 3 is 2.44 bits per heavy atom. The summed E-state index contributed by atoms with van der Waals surface area (Å²) in [5, 5.41) is 10.5. The molecular formula is C20H22Cl2FNO3. The second kappa shape index (κ2) is 9.22. The molecule has 1 saturated heterocycles. The third-order valence-electron chi connectivity index (χ3n) is 4.89. The Hall–Kier alpha value is -1.37. The molecule has 7 heteroatoms. The van der Waals surface area contributed by atoms with E-state index in [1.807, 2.05) is 13.0 Å². The van der Waals surface area contributed by atoms with Crippen LogP contribution in [0.5, 0.6) is 5.75 Å². The zero-order valence-corrected chi connectivity index (χ0v) is 16.4. The van der Waals surface area contributed by atoms with Crippen LogP contribution in [0.3, 0.4) is 0 Å². The molecule has 0 spiro atoms. The maximum atomic E-state index is 14.6. The zero-order chi connectivity index (χ0) is 19.4. The van der Waals surface area contributed by atoms with E-state index in [0.29, 0.717) is 23.3 Å². The van der Waals surface area contributed by atoms with Gasteiger partial charge in [0.1, 0.15) is 6.10 Å². The Labute approximate surface area is 168 Å². The number of hydrogen-bond acceptors (Lipinski definition) is 4. The Bertz CT molecular complexity index is 784. The van der Waals surface area contributed by atoms with Gasteiger partial charge in [-0.25, -0.2) is 4.39 Å². The van der Waals surface area contributed by atoms with Gasteiger partial charge >= 0.3 is 0 Å². The van der Waals surface area contributed by atoms with Crippen molar-refractivity contribution in [1.29, 1.82) is 0 Å². The third kappa shape index (κ3) is 4.92. The van der Waals surface area contributed by atoms with Crippen molar-refractivity contribution in [3.8, 4) is 5.75 Å². The van der Waals surface area contributed by atoms with Gasteiger partial charge in [0.2, 0.25) is 0 Å². The first-order valence-electron chi connectivity index (χ1n) is 8.88. The molecule has 146 valence electrons. The fraction of sp³-hybridized carbons (Fsp3) is 0.400. The van der Waals surface area contributed by atoms with E-state index in [1.165, 1.54) is 6.07 Å². The third-order valence-corrected chi connectivity index (χ3v) is 5.62. The molecule has 2 N–H and O–H groups in total. The van der Waals surface area contributed by atoms with E-state index in [9.17, 15) is 9.60 Å². The lowest BCUT2D eigenvalue weighted by Gasteiger charge is -2.25. The predicted molar refractivity (Wildman–Crippen MR) is 103 cm³/mol. The number of halogens is 3. The van der Waals surface area contributed by atoms with Crippen LogP contribution in [0.15, 0.2) is 36.4 Å². The van der Waals surface area contributed by atoms with Crippen molar-refractivity contribution < 1.29 is 19.1 Å². The molecule has 0 saturated carbocycles. The summed E-state index contributed by atoms with van der Waals surface area (Å²) in [6.45, 7) is 3.16. The van der Waals surface area contributed by atoms with Crippen LogP contribution in [-0.2, 0) is 4.74 Å². The minimum atomic E-state index is -0.471. The van der Waals surface area contributed by atoms with E-state index >= 15 is 0 Å². The molecule has 2 aromatic carbocycles. The van der Waals surface area contributed by atoms with E-state index in [4.69, 9.17) is 32.7 Å². The highest BCUT2D eigenvalue weighted by Gasteiger charge is 2.23. The highest BCUT2D eigenvalue weighted by Crippen LogP contribution is 2.35. The molecule has 2 aromatic rings. The summed E-state index contributed by atoms with van der Waals surface area (Å²) in [5.41, 5.74) is 3.77. The van der Waals surface area contributed by atoms with Crippen LogP contribution in [0.25, 0.3) is 0 Å². The molecule has 0 amide bonds. The van der Waals surface area contributed by atoms with Crippen LogP contribution in [0.4, 0.5) is 4.39 Å². The van der Waals surface area contributed by atoms with E-state index < -0.39 is 11.9 Å². The van der Waals surface area contributed by atoms with Gasteiger partial charge in [0.15, 0.2) is 11.6 Å². The van der Waals surface area contributed by atoms with Crippen LogP contribution in [0.2, 0.25) is 10.0 Å². The predicted octanol–water partition coefficient (Wildman–Crippen LogP) is 5.51. The summed E-state index contributed by atoms with van der Waals surface area (Å²) in [4.78, 5) is 0. The fourth-order valence-corrected chi connectivity index (χ4v) is 3.55. The first-order chi connectivity index (χ1) is 13.0. The molecule has 0 aromatic heterocycles. The van der Waals surface area contributed by atoms with Crippen molar-refractivity contribution in [3.05, 3.63) is 63.4 Å². The molecule has 0 bridgehead atoms. The van der Waals surface area contributed by atoms with Crippen molar-refractivity contribution in [3.63, 3.8) is 0 Å². The second-order valence-corrected chi connectivity index (χ2v) is 7.50. The number of hydrogen-bond donors (Lipinski definition) is 2. The molecule has 0 radical (unpaired) electrons. The van der Waals surface area contributed by atoms with Crippen LogP contribution >= 0.6 is 23.2 Å². The SMILES string of the molecule is CC(c1ccc(OC2CCOCC2)c(F)c1)C(NO)c1ccc(Cl)c(Cl)c1. The van der Waals surface area contributed by atoms with Gasteiger partial charge in [0.25, 0.3) is 0 Å². The quantitative estimate of drug-likeness (QED) is 0.612. The van der Waals surface area contributed by atoms with Crippen molar-refractivity contribution in [2.45, 2.75) is 37.8 Å². The van der Waals surface area contributed by atoms with Gasteiger partial charge < -0.3 is 14.7 Å². The Morgan fingerprint density at radius 1 is 1.11 bits per heavy atom. The standard InChI is InChI=1S/C20H22Cl2FNO3/c1-12(20(24-25)14-2-4-16(21)17(22)10-14)13-3-5-19(18(23)11-13)27-15-6-8-26-9-7-15/h2-5,10-12,15,20,24-25H,6-9H2,1H3. The minimum absolute atomic E-state index is 0.0282. The zero-order valence-electron chi connectivity index (χ0n) is 14.9. The summed E-state index contributed by atoms with van der Waals surface area (Å²) in [5.74, 6) is -0.406. The maximum Gasteiger partial charge on any atom is 0.165 e. The van der Waals surface area contributed by atoms with Gasteiger partial charge in [-0.3, -0.25) is 0 Å². The molecule has 1 aliphatic rings. The van der Waals surface area contributed by atoms with Crippen LogP contribution in [-0.4, -0.2) is 24.5 Å². The van der Waals surface area contributed by atoms with Crippen molar-refractivity contribution in [2.24, 2.45) is 0 Å². The van der Waals surface area contributed by atoms with Gasteiger partial charge in [-0.15, -0.1) is 0 Å². The maximum absolute atomic E-state index is 14.6. The summed E-state index contributed by atoms with van der Waals surface area (Å²) in [6.07, 6.45) is 1.48. The van der Waals surface area contributed by atoms with Crippen molar-refractivity contribution in [1.82, 2.24) is 5.48 Å². The lowest BCUT2D eigenvalue weighted by Crippen LogP contribution is -2.26. The molecule has 2 atom stereocenters. The van der Waals surface area contributed by atoms with Gasteiger partial charge in [0, 0.05) is 18.8 Å². The topological polar surface area (TPSA) is 50.7 Å². The molecule has 4 nitrogen and oxygen atoms in total. The van der Waals surface area contributed by atoms with Crippen molar-refractivity contribution in [2.75, 3.05) is 13.2 Å². The lowest BCUT2D eigenvalue weighted by molar-refractivity contribution is 0.0240. The molecule has 2 unspecified atom stereocenters. The molecular weight excluding hydrogens is 392 g/mol. The average molecular weight is 414 g/mol. The minimum Gasteiger partial charge on any atom is -0.487 e. The molecule has 3 rings (SSSR count). The molecule has 1 fully saturated rings. The summed E-state index contributed by atoms with van der Waals surface area (Å²) in [7, 11) is 0. The largest absolute Gasteiger partial charge is 0.487 e. The second-order valence-electron chi connectivity index (χ2n) is 6.69. The van der Waals surface area contributed by atoms with Gasteiger partial charge in [-0.05, 0) is 35.4 Å². The van der Waals surface area contributed by atoms with Gasteiger partial charge in [-0.2, -0.15) is 5.48 Å². The van der Waals surface area contributed by atoms with E-state index in [1.54, 1.807) is 24.3 Å². The Balaban J connectivity index is 1.77. The highest BCUT2D eigenvalue weighted by molar-refractivity contribution is 6.42. The first kappa shape index (κ1) is 20.4. The number of nitrogens with one attached hydrogen (secondary N) is 1.